The number of benzene rings is 4. The van der Waals surface area contributed by atoms with Gasteiger partial charge in [-0.25, -0.2) is 0 Å². The molecule has 1 heterocycles. The lowest BCUT2D eigenvalue weighted by molar-refractivity contribution is 0.518. The Morgan fingerprint density at radius 2 is 1.59 bits per heavy atom. The van der Waals surface area contributed by atoms with Crippen LogP contribution in [0.5, 0.6) is 0 Å². The maximum atomic E-state index is 6.40. The van der Waals surface area contributed by atoms with Gasteiger partial charge in [0.1, 0.15) is 11.3 Å². The molecular weight excluding hydrogens is 534 g/mol. The van der Waals surface area contributed by atoms with Crippen LogP contribution in [-0.4, -0.2) is 6.21 Å². The van der Waals surface area contributed by atoms with E-state index in [4.69, 9.17) is 4.42 Å². The minimum absolute atomic E-state index is 0.351. The highest BCUT2D eigenvalue weighted by molar-refractivity contribution is 5.98. The summed E-state index contributed by atoms with van der Waals surface area (Å²) < 4.78 is 6.40. The predicted molar refractivity (Wildman–Crippen MR) is 189 cm³/mol. The third-order valence-corrected chi connectivity index (χ3v) is 8.24. The van der Waals surface area contributed by atoms with Crippen molar-refractivity contribution in [2.24, 2.45) is 10.9 Å². The maximum absolute atomic E-state index is 6.40. The normalized spacial score (nSPS) is 15.1. The van der Waals surface area contributed by atoms with Gasteiger partial charge in [0, 0.05) is 35.7 Å². The van der Waals surface area contributed by atoms with Gasteiger partial charge < -0.3 is 4.42 Å². The molecule has 2 nitrogen and oxygen atoms in total. The van der Waals surface area contributed by atoms with Crippen LogP contribution in [0.25, 0.3) is 39.3 Å². The third-order valence-electron chi connectivity index (χ3n) is 8.24. The highest BCUT2D eigenvalue weighted by Gasteiger charge is 2.25. The Labute approximate surface area is 260 Å². The Balaban J connectivity index is 1.27. The van der Waals surface area contributed by atoms with Gasteiger partial charge in [0.25, 0.3) is 0 Å². The first kappa shape index (κ1) is 28.9. The van der Waals surface area contributed by atoms with Crippen molar-refractivity contribution in [2.75, 3.05) is 0 Å². The molecule has 5 aromatic rings. The second kappa shape index (κ2) is 13.0. The quantitative estimate of drug-likeness (QED) is 0.128. The van der Waals surface area contributed by atoms with E-state index >= 15 is 0 Å². The fraction of sp³-hybridized carbons (Fsp3) is 0.119. The molecule has 4 aromatic carbocycles. The summed E-state index contributed by atoms with van der Waals surface area (Å²) in [4.78, 5) is 4.66. The summed E-state index contributed by atoms with van der Waals surface area (Å²) in [5, 5.41) is 1.17. The number of rotatable bonds is 9. The number of nitrogens with zero attached hydrogens (tertiary/aromatic N) is 1. The molecule has 1 atom stereocenters. The number of allylic oxidation sites excluding steroid dienone is 7. The van der Waals surface area contributed by atoms with Crippen LogP contribution in [0, 0.1) is 5.92 Å². The van der Waals surface area contributed by atoms with Crippen molar-refractivity contribution in [1.29, 1.82) is 0 Å². The molecule has 1 aliphatic rings. The fourth-order valence-electron chi connectivity index (χ4n) is 6.03. The van der Waals surface area contributed by atoms with E-state index in [9.17, 15) is 0 Å². The van der Waals surface area contributed by atoms with Crippen molar-refractivity contribution < 1.29 is 4.42 Å². The van der Waals surface area contributed by atoms with Crippen LogP contribution in [0.4, 0.5) is 0 Å². The van der Waals surface area contributed by atoms with E-state index in [-0.39, 0.29) is 0 Å². The summed E-state index contributed by atoms with van der Waals surface area (Å²) >= 11 is 0. The molecule has 0 saturated heterocycles. The first-order valence-corrected chi connectivity index (χ1v) is 15.2. The van der Waals surface area contributed by atoms with Gasteiger partial charge in [0.05, 0.1) is 0 Å². The van der Waals surface area contributed by atoms with E-state index in [0.29, 0.717) is 12.3 Å². The van der Waals surface area contributed by atoms with Crippen molar-refractivity contribution >= 4 is 34.4 Å². The van der Waals surface area contributed by atoms with Crippen LogP contribution in [0.3, 0.4) is 0 Å². The second-order valence-electron chi connectivity index (χ2n) is 11.4. The minimum Gasteiger partial charge on any atom is -0.460 e. The third kappa shape index (κ3) is 6.11. The van der Waals surface area contributed by atoms with E-state index in [1.807, 2.05) is 55.6 Å². The lowest BCUT2D eigenvalue weighted by Gasteiger charge is -2.21. The molecule has 6 rings (SSSR count). The van der Waals surface area contributed by atoms with Gasteiger partial charge in [-0.15, -0.1) is 0 Å². The van der Waals surface area contributed by atoms with Gasteiger partial charge in [0.2, 0.25) is 0 Å². The minimum atomic E-state index is 0.351. The molecule has 2 heteroatoms. The lowest BCUT2D eigenvalue weighted by Crippen LogP contribution is -2.08. The van der Waals surface area contributed by atoms with Crippen LogP contribution in [-0.2, 0) is 12.8 Å². The summed E-state index contributed by atoms with van der Waals surface area (Å²) in [6, 6.07) is 34.1. The van der Waals surface area contributed by atoms with E-state index in [2.05, 4.69) is 110 Å². The molecule has 216 valence electrons. The summed E-state index contributed by atoms with van der Waals surface area (Å²) in [6.45, 7) is 12.4. The predicted octanol–water partition coefficient (Wildman–Crippen LogP) is 11.2. The molecule has 0 aliphatic heterocycles. The van der Waals surface area contributed by atoms with Gasteiger partial charge in [-0.3, -0.25) is 4.99 Å². The van der Waals surface area contributed by atoms with E-state index in [0.717, 1.165) is 34.6 Å². The molecule has 0 bridgehead atoms. The molecule has 0 amide bonds. The van der Waals surface area contributed by atoms with Crippen LogP contribution in [0.2, 0.25) is 0 Å². The van der Waals surface area contributed by atoms with Crippen LogP contribution < -0.4 is 0 Å². The van der Waals surface area contributed by atoms with Gasteiger partial charge in [-0.2, -0.15) is 0 Å². The van der Waals surface area contributed by atoms with Gasteiger partial charge in [0.15, 0.2) is 0 Å². The average Bonchev–Trinajstić information content (AvgIpc) is 3.42. The van der Waals surface area contributed by atoms with Gasteiger partial charge in [-0.1, -0.05) is 135 Å². The molecule has 44 heavy (non-hydrogen) atoms. The molecule has 0 radical (unpaired) electrons. The molecule has 1 aromatic heterocycles. The fourth-order valence-corrected chi connectivity index (χ4v) is 6.03. The number of furan rings is 1. The molecule has 0 fully saturated rings. The smallest absolute Gasteiger partial charge is 0.135 e. The van der Waals surface area contributed by atoms with E-state index in [1.54, 1.807) is 0 Å². The molecule has 1 unspecified atom stereocenters. The Morgan fingerprint density at radius 3 is 2.30 bits per heavy atom. The summed E-state index contributed by atoms with van der Waals surface area (Å²) in [7, 11) is 0. The van der Waals surface area contributed by atoms with Crippen molar-refractivity contribution in [2.45, 2.75) is 26.7 Å². The molecule has 1 aliphatic carbocycles. The van der Waals surface area contributed by atoms with Crippen LogP contribution >= 0.6 is 0 Å². The maximum Gasteiger partial charge on any atom is 0.135 e. The van der Waals surface area contributed by atoms with E-state index in [1.165, 1.54) is 44.3 Å². The highest BCUT2D eigenvalue weighted by atomic mass is 16.3. The van der Waals surface area contributed by atoms with Crippen molar-refractivity contribution in [3.05, 3.63) is 174 Å². The van der Waals surface area contributed by atoms with Crippen LogP contribution in [0.15, 0.2) is 150 Å². The Hall–Kier alpha value is -5.21. The average molecular weight is 572 g/mol. The van der Waals surface area contributed by atoms with E-state index < -0.39 is 0 Å². The first-order chi connectivity index (χ1) is 21.5. The zero-order valence-electron chi connectivity index (χ0n) is 25.5. The zero-order chi connectivity index (χ0) is 30.5. The molecular formula is C42H37NO. The van der Waals surface area contributed by atoms with Crippen molar-refractivity contribution in [1.82, 2.24) is 0 Å². The van der Waals surface area contributed by atoms with Gasteiger partial charge >= 0.3 is 0 Å². The largest absolute Gasteiger partial charge is 0.460 e. The molecule has 0 spiro atoms. The Bertz CT molecular complexity index is 1930. The van der Waals surface area contributed by atoms with Gasteiger partial charge in [-0.05, 0) is 69.5 Å². The lowest BCUT2D eigenvalue weighted by atomic mass is 9.83. The molecule has 0 saturated carbocycles. The second-order valence-corrected chi connectivity index (χ2v) is 11.4. The number of fused-ring (bicyclic) bond motifs is 3. The summed E-state index contributed by atoms with van der Waals surface area (Å²) in [5.41, 5.74) is 12.5. The summed E-state index contributed by atoms with van der Waals surface area (Å²) in [6.07, 6.45) is 13.8. The topological polar surface area (TPSA) is 25.5 Å². The SMILES string of the molecule is C=C/C=C(\C=C/C)c1ccc(-c2ccc(C3=Cc4c(oc5cccc(CC(=C)N=Cc6ccccc6)c45)CC3C)cc2)cc1. The van der Waals surface area contributed by atoms with Crippen molar-refractivity contribution in [3.63, 3.8) is 0 Å². The zero-order valence-corrected chi connectivity index (χ0v) is 25.5. The summed E-state index contributed by atoms with van der Waals surface area (Å²) in [5.74, 6) is 1.41. The Kier molecular flexibility index (Phi) is 8.52. The number of hydrogen-bond acceptors (Lipinski definition) is 2. The first-order valence-electron chi connectivity index (χ1n) is 15.2. The monoisotopic (exact) mass is 571 g/mol. The number of aliphatic imine (C=N–C) groups is 1. The Morgan fingerprint density at radius 1 is 0.886 bits per heavy atom. The molecule has 0 N–H and O–H groups in total. The number of hydrogen-bond donors (Lipinski definition) is 0. The van der Waals surface area contributed by atoms with Crippen molar-refractivity contribution in [3.8, 4) is 11.1 Å². The highest BCUT2D eigenvalue weighted by Crippen LogP contribution is 2.41. The standard InChI is InChI=1S/C42H37NO/c1-5-11-32(12-6-2)33-17-19-34(20-18-33)35-21-23-36(24-22-35)38-27-39-41(25-29(38)3)44-40-16-10-15-37(42(39)40)26-30(4)43-28-31-13-8-7-9-14-31/h5-24,27-29H,1,4,25-26H2,2-3H3/b12-6-,32-11+,43-28?. The van der Waals surface area contributed by atoms with Crippen LogP contribution in [0.1, 0.15) is 47.4 Å².